The normalized spacial score (nSPS) is 10.8. The summed E-state index contributed by atoms with van der Waals surface area (Å²) in [5, 5.41) is 0. The van der Waals surface area contributed by atoms with E-state index < -0.39 is 0 Å². The molecule has 0 N–H and O–H groups in total. The second-order valence-electron chi connectivity index (χ2n) is 2.51. The molecule has 61 valence electrons. The van der Waals surface area contributed by atoms with Gasteiger partial charge in [-0.2, -0.15) is 0 Å². The molecule has 0 saturated heterocycles. The molecule has 0 saturated carbocycles. The van der Waals surface area contributed by atoms with Crippen LogP contribution in [-0.2, 0) is 4.74 Å². The van der Waals surface area contributed by atoms with Crippen LogP contribution in [0.1, 0.15) is 40.0 Å². The minimum Gasteiger partial charge on any atom is -0.381 e. The fourth-order valence-corrected chi connectivity index (χ4v) is 0.815. The van der Waals surface area contributed by atoms with Gasteiger partial charge in [0.25, 0.3) is 0 Å². The maximum atomic E-state index is 5.39. The summed E-state index contributed by atoms with van der Waals surface area (Å²) >= 11 is 0. The minimum atomic E-state index is 0.876. The molecule has 0 spiro atoms. The summed E-state index contributed by atoms with van der Waals surface area (Å²) in [7, 11) is 0. The second kappa shape index (κ2) is 7.07. The van der Waals surface area contributed by atoms with E-state index in [2.05, 4.69) is 20.8 Å². The highest BCUT2D eigenvalue weighted by atomic mass is 16.5. The maximum absolute atomic E-state index is 5.39. The number of hydrogen-bond donors (Lipinski definition) is 0. The van der Waals surface area contributed by atoms with Crippen LogP contribution >= 0.6 is 0 Å². The van der Waals surface area contributed by atoms with Crippen LogP contribution < -0.4 is 0 Å². The van der Waals surface area contributed by atoms with Crippen LogP contribution in [0, 0.1) is 5.92 Å². The van der Waals surface area contributed by atoms with E-state index in [0.717, 1.165) is 19.6 Å². The molecule has 0 unspecified atom stereocenters. The average molecular weight is 143 g/mol. The van der Waals surface area contributed by atoms with Crippen molar-refractivity contribution in [2.75, 3.05) is 13.2 Å². The Hall–Kier alpha value is -0.0400. The molecule has 0 aromatic rings. The SMILES string of the molecule is CCCOC[C](CC)CC. The van der Waals surface area contributed by atoms with E-state index in [0.29, 0.717) is 0 Å². The monoisotopic (exact) mass is 143 g/mol. The predicted molar refractivity (Wildman–Crippen MR) is 44.9 cm³/mol. The average Bonchev–Trinajstić information content (AvgIpc) is 1.99. The lowest BCUT2D eigenvalue weighted by atomic mass is 10.1. The van der Waals surface area contributed by atoms with Crippen molar-refractivity contribution in [3.63, 3.8) is 0 Å². The zero-order valence-corrected chi connectivity index (χ0v) is 7.44. The summed E-state index contributed by atoms with van der Waals surface area (Å²) in [6.45, 7) is 8.30. The van der Waals surface area contributed by atoms with Gasteiger partial charge >= 0.3 is 0 Å². The fraction of sp³-hybridized carbons (Fsp3) is 0.889. The van der Waals surface area contributed by atoms with E-state index in [1.54, 1.807) is 0 Å². The van der Waals surface area contributed by atoms with Crippen LogP contribution in [0.15, 0.2) is 0 Å². The van der Waals surface area contributed by atoms with Crippen molar-refractivity contribution in [1.82, 2.24) is 0 Å². The van der Waals surface area contributed by atoms with Crippen molar-refractivity contribution in [2.45, 2.75) is 40.0 Å². The van der Waals surface area contributed by atoms with E-state index in [1.165, 1.54) is 18.8 Å². The van der Waals surface area contributed by atoms with Gasteiger partial charge in [0.2, 0.25) is 0 Å². The molecule has 0 bridgehead atoms. The number of rotatable bonds is 6. The summed E-state index contributed by atoms with van der Waals surface area (Å²) < 4.78 is 5.39. The minimum absolute atomic E-state index is 0.876. The summed E-state index contributed by atoms with van der Waals surface area (Å²) in [5.41, 5.74) is 0. The first kappa shape index (κ1) is 9.96. The second-order valence-corrected chi connectivity index (χ2v) is 2.51. The molecule has 0 rings (SSSR count). The molecule has 0 fully saturated rings. The summed E-state index contributed by atoms with van der Waals surface area (Å²) in [4.78, 5) is 0. The van der Waals surface area contributed by atoms with Gasteiger partial charge in [0.15, 0.2) is 0 Å². The Bertz CT molecular complexity index is 57.7. The third kappa shape index (κ3) is 4.80. The zero-order chi connectivity index (χ0) is 7.82. The highest BCUT2D eigenvalue weighted by Gasteiger charge is 2.02. The van der Waals surface area contributed by atoms with Crippen molar-refractivity contribution in [3.8, 4) is 0 Å². The summed E-state index contributed by atoms with van der Waals surface area (Å²) in [5.74, 6) is 1.52. The predicted octanol–water partition coefficient (Wildman–Crippen LogP) is 2.81. The topological polar surface area (TPSA) is 9.23 Å². The van der Waals surface area contributed by atoms with Gasteiger partial charge in [-0.3, -0.25) is 0 Å². The van der Waals surface area contributed by atoms with Crippen molar-refractivity contribution in [3.05, 3.63) is 5.92 Å². The first-order chi connectivity index (χ1) is 4.85. The molecule has 1 nitrogen and oxygen atoms in total. The lowest BCUT2D eigenvalue weighted by Crippen LogP contribution is -2.05. The van der Waals surface area contributed by atoms with Crippen molar-refractivity contribution < 1.29 is 4.74 Å². The first-order valence-electron chi connectivity index (χ1n) is 4.26. The smallest absolute Gasteiger partial charge is 0.0528 e. The molecule has 0 aromatic heterocycles. The van der Waals surface area contributed by atoms with Gasteiger partial charge in [0.1, 0.15) is 0 Å². The molecule has 10 heavy (non-hydrogen) atoms. The Morgan fingerprint density at radius 1 is 1.10 bits per heavy atom. The number of hydrogen-bond acceptors (Lipinski definition) is 1. The molecular formula is C9H19O. The van der Waals surface area contributed by atoms with Crippen LogP contribution in [0.5, 0.6) is 0 Å². The molecular weight excluding hydrogens is 124 g/mol. The van der Waals surface area contributed by atoms with Gasteiger partial charge < -0.3 is 4.74 Å². The van der Waals surface area contributed by atoms with Crippen molar-refractivity contribution >= 4 is 0 Å². The van der Waals surface area contributed by atoms with E-state index in [-0.39, 0.29) is 0 Å². The molecule has 0 aromatic carbocycles. The van der Waals surface area contributed by atoms with Gasteiger partial charge in [0.05, 0.1) is 6.61 Å². The fourth-order valence-electron chi connectivity index (χ4n) is 0.815. The summed E-state index contributed by atoms with van der Waals surface area (Å²) in [6.07, 6.45) is 3.46. The van der Waals surface area contributed by atoms with Crippen LogP contribution in [0.25, 0.3) is 0 Å². The van der Waals surface area contributed by atoms with E-state index in [4.69, 9.17) is 4.74 Å². The zero-order valence-electron chi connectivity index (χ0n) is 7.44. The molecule has 0 heterocycles. The molecule has 0 aliphatic carbocycles. The van der Waals surface area contributed by atoms with Crippen LogP contribution in [0.4, 0.5) is 0 Å². The van der Waals surface area contributed by atoms with E-state index in [1.807, 2.05) is 0 Å². The van der Waals surface area contributed by atoms with Gasteiger partial charge in [-0.05, 0) is 19.3 Å². The Morgan fingerprint density at radius 2 is 1.70 bits per heavy atom. The Kier molecular flexibility index (Phi) is 7.04. The van der Waals surface area contributed by atoms with Gasteiger partial charge in [-0.15, -0.1) is 0 Å². The van der Waals surface area contributed by atoms with Gasteiger partial charge in [-0.1, -0.05) is 20.8 Å². The lowest BCUT2D eigenvalue weighted by molar-refractivity contribution is 0.140. The van der Waals surface area contributed by atoms with Crippen molar-refractivity contribution in [2.24, 2.45) is 0 Å². The highest BCUT2D eigenvalue weighted by Crippen LogP contribution is 2.09. The van der Waals surface area contributed by atoms with Crippen LogP contribution in [0.3, 0.4) is 0 Å². The molecule has 0 aliphatic rings. The summed E-state index contributed by atoms with van der Waals surface area (Å²) in [6, 6.07) is 0. The molecule has 1 heteroatoms. The van der Waals surface area contributed by atoms with Crippen molar-refractivity contribution in [1.29, 1.82) is 0 Å². The van der Waals surface area contributed by atoms with Gasteiger partial charge in [0, 0.05) is 12.5 Å². The third-order valence-electron chi connectivity index (χ3n) is 1.65. The Morgan fingerprint density at radius 3 is 2.10 bits per heavy atom. The first-order valence-corrected chi connectivity index (χ1v) is 4.26. The van der Waals surface area contributed by atoms with E-state index in [9.17, 15) is 0 Å². The Balaban J connectivity index is 3.09. The third-order valence-corrected chi connectivity index (χ3v) is 1.65. The van der Waals surface area contributed by atoms with Crippen LogP contribution in [-0.4, -0.2) is 13.2 Å². The molecule has 0 aliphatic heterocycles. The Labute approximate surface area is 64.8 Å². The number of ether oxygens (including phenoxy) is 1. The molecule has 1 radical (unpaired) electrons. The standard InChI is InChI=1S/C9H19O/c1-4-7-10-8-9(5-2)6-3/h4-8H2,1-3H3. The van der Waals surface area contributed by atoms with Gasteiger partial charge in [-0.25, -0.2) is 0 Å². The molecule has 0 atom stereocenters. The highest BCUT2D eigenvalue weighted by molar-refractivity contribution is 4.85. The molecule has 0 amide bonds. The van der Waals surface area contributed by atoms with Crippen LogP contribution in [0.2, 0.25) is 0 Å². The largest absolute Gasteiger partial charge is 0.381 e. The lowest BCUT2D eigenvalue weighted by Gasteiger charge is -2.10. The van der Waals surface area contributed by atoms with E-state index >= 15 is 0 Å². The quantitative estimate of drug-likeness (QED) is 0.519. The maximum Gasteiger partial charge on any atom is 0.0528 e.